The molecule has 0 aromatic heterocycles. The van der Waals surface area contributed by atoms with Crippen LogP contribution in [0, 0.1) is 5.41 Å². The van der Waals surface area contributed by atoms with Crippen molar-refractivity contribution in [1.29, 1.82) is 0 Å². The summed E-state index contributed by atoms with van der Waals surface area (Å²) in [5.41, 5.74) is 0.167. The third-order valence-electron chi connectivity index (χ3n) is 3.29. The highest BCUT2D eigenvalue weighted by Crippen LogP contribution is 2.42. The van der Waals surface area contributed by atoms with Gasteiger partial charge in [-0.15, -0.1) is 6.58 Å². The van der Waals surface area contributed by atoms with Crippen molar-refractivity contribution in [3.63, 3.8) is 0 Å². The first-order valence-electron chi connectivity index (χ1n) is 5.00. The topological polar surface area (TPSA) is 20.2 Å². The van der Waals surface area contributed by atoms with Crippen LogP contribution in [0.1, 0.15) is 45.4 Å². The zero-order valence-corrected chi connectivity index (χ0v) is 8.05. The van der Waals surface area contributed by atoms with Crippen LogP contribution in [0.15, 0.2) is 12.7 Å². The molecule has 12 heavy (non-hydrogen) atoms. The molecule has 0 bridgehead atoms. The average Bonchev–Trinajstić information content (AvgIpc) is 2.06. The van der Waals surface area contributed by atoms with E-state index < -0.39 is 0 Å². The van der Waals surface area contributed by atoms with Crippen LogP contribution in [0.5, 0.6) is 0 Å². The van der Waals surface area contributed by atoms with Gasteiger partial charge in [-0.2, -0.15) is 0 Å². The first kappa shape index (κ1) is 9.79. The Morgan fingerprint density at radius 2 is 2.00 bits per heavy atom. The van der Waals surface area contributed by atoms with Crippen LogP contribution in [-0.4, -0.2) is 11.2 Å². The van der Waals surface area contributed by atoms with E-state index in [2.05, 4.69) is 6.58 Å². The van der Waals surface area contributed by atoms with Crippen LogP contribution in [0.2, 0.25) is 0 Å². The van der Waals surface area contributed by atoms with Crippen LogP contribution in [0.4, 0.5) is 0 Å². The fraction of sp³-hybridized carbons (Fsp3) is 0.818. The maximum absolute atomic E-state index is 9.71. The summed E-state index contributed by atoms with van der Waals surface area (Å²) in [6.45, 7) is 5.70. The molecule has 1 nitrogen and oxygen atoms in total. The number of aliphatic hydroxyl groups excluding tert-OH is 1. The lowest BCUT2D eigenvalue weighted by molar-refractivity contribution is 0.0109. The zero-order chi connectivity index (χ0) is 9.03. The minimum absolute atomic E-state index is 0.167. The molecular weight excluding hydrogens is 148 g/mol. The van der Waals surface area contributed by atoms with Crippen molar-refractivity contribution in [2.75, 3.05) is 0 Å². The normalized spacial score (nSPS) is 24.8. The van der Waals surface area contributed by atoms with Crippen LogP contribution in [0.3, 0.4) is 0 Å². The van der Waals surface area contributed by atoms with Gasteiger partial charge in [0.15, 0.2) is 0 Å². The Morgan fingerprint density at radius 3 is 2.42 bits per heavy atom. The summed E-state index contributed by atoms with van der Waals surface area (Å²) < 4.78 is 0. The van der Waals surface area contributed by atoms with Crippen molar-refractivity contribution < 1.29 is 5.11 Å². The van der Waals surface area contributed by atoms with Crippen molar-refractivity contribution in [3.05, 3.63) is 12.7 Å². The summed E-state index contributed by atoms with van der Waals surface area (Å²) in [4.78, 5) is 0. The van der Waals surface area contributed by atoms with Crippen molar-refractivity contribution in [2.24, 2.45) is 5.41 Å². The summed E-state index contributed by atoms with van der Waals surface area (Å²) in [7, 11) is 0. The molecule has 1 aliphatic carbocycles. The van der Waals surface area contributed by atoms with Crippen molar-refractivity contribution in [2.45, 2.75) is 51.6 Å². The molecular formula is C11H20O. The summed E-state index contributed by atoms with van der Waals surface area (Å²) in [6.07, 6.45) is 9.01. The third-order valence-corrected chi connectivity index (χ3v) is 3.29. The Morgan fingerprint density at radius 1 is 1.42 bits per heavy atom. The maximum atomic E-state index is 9.71. The van der Waals surface area contributed by atoms with E-state index in [1.165, 1.54) is 32.1 Å². The highest BCUT2D eigenvalue weighted by Gasteiger charge is 2.34. The van der Waals surface area contributed by atoms with E-state index in [0.29, 0.717) is 0 Å². The molecule has 1 heteroatoms. The van der Waals surface area contributed by atoms with E-state index in [0.717, 1.165) is 6.42 Å². The Bertz CT molecular complexity index is 143. The van der Waals surface area contributed by atoms with E-state index in [1.807, 2.05) is 13.0 Å². The quantitative estimate of drug-likeness (QED) is 0.642. The lowest BCUT2D eigenvalue weighted by Gasteiger charge is -2.39. The Balaban J connectivity index is 2.62. The lowest BCUT2D eigenvalue weighted by Crippen LogP contribution is -2.34. The van der Waals surface area contributed by atoms with Crippen molar-refractivity contribution in [3.8, 4) is 0 Å². The van der Waals surface area contributed by atoms with E-state index in [-0.39, 0.29) is 11.5 Å². The molecule has 1 saturated carbocycles. The second-order valence-corrected chi connectivity index (χ2v) is 4.09. The van der Waals surface area contributed by atoms with Crippen LogP contribution in [0.25, 0.3) is 0 Å². The van der Waals surface area contributed by atoms with Gasteiger partial charge in [0, 0.05) is 0 Å². The highest BCUT2D eigenvalue weighted by atomic mass is 16.3. The lowest BCUT2D eigenvalue weighted by atomic mass is 9.68. The fourth-order valence-corrected chi connectivity index (χ4v) is 2.34. The zero-order valence-electron chi connectivity index (χ0n) is 8.05. The number of hydrogen-bond acceptors (Lipinski definition) is 1. The SMILES string of the molecule is C=CCC1(C(C)O)CCCCC1. The molecule has 0 aromatic rings. The van der Waals surface area contributed by atoms with Crippen molar-refractivity contribution >= 4 is 0 Å². The van der Waals surface area contributed by atoms with Gasteiger partial charge in [-0.1, -0.05) is 25.3 Å². The second-order valence-electron chi connectivity index (χ2n) is 4.09. The minimum Gasteiger partial charge on any atom is -0.393 e. The molecule has 0 amide bonds. The smallest absolute Gasteiger partial charge is 0.0571 e. The molecule has 0 spiro atoms. The largest absolute Gasteiger partial charge is 0.393 e. The van der Waals surface area contributed by atoms with Crippen molar-refractivity contribution in [1.82, 2.24) is 0 Å². The molecule has 0 radical (unpaired) electrons. The molecule has 1 N–H and O–H groups in total. The van der Waals surface area contributed by atoms with Gasteiger partial charge in [0.2, 0.25) is 0 Å². The Labute approximate surface area is 75.5 Å². The van der Waals surface area contributed by atoms with Gasteiger partial charge in [-0.3, -0.25) is 0 Å². The predicted octanol–water partition coefficient (Wildman–Crippen LogP) is 2.89. The van der Waals surface area contributed by atoms with Crippen LogP contribution < -0.4 is 0 Å². The van der Waals surface area contributed by atoms with Gasteiger partial charge in [0.1, 0.15) is 0 Å². The first-order valence-corrected chi connectivity index (χ1v) is 5.00. The molecule has 1 unspecified atom stereocenters. The van der Waals surface area contributed by atoms with Gasteiger partial charge in [0.25, 0.3) is 0 Å². The molecule has 70 valence electrons. The summed E-state index contributed by atoms with van der Waals surface area (Å²) in [5.74, 6) is 0. The number of rotatable bonds is 3. The standard InChI is InChI=1S/C11H20O/c1-3-7-11(10(2)12)8-5-4-6-9-11/h3,10,12H,1,4-9H2,2H3. The molecule has 1 atom stereocenters. The molecule has 1 rings (SSSR count). The Kier molecular flexibility index (Phi) is 3.33. The molecule has 0 aliphatic heterocycles. The maximum Gasteiger partial charge on any atom is 0.0571 e. The number of hydrogen-bond donors (Lipinski definition) is 1. The van der Waals surface area contributed by atoms with E-state index in [9.17, 15) is 5.11 Å². The second kappa shape index (κ2) is 4.08. The average molecular weight is 168 g/mol. The summed E-state index contributed by atoms with van der Waals surface area (Å²) in [6, 6.07) is 0. The van der Waals surface area contributed by atoms with E-state index >= 15 is 0 Å². The van der Waals surface area contributed by atoms with Gasteiger partial charge in [-0.05, 0) is 31.6 Å². The van der Waals surface area contributed by atoms with Crippen LogP contribution >= 0.6 is 0 Å². The van der Waals surface area contributed by atoms with Gasteiger partial charge in [-0.25, -0.2) is 0 Å². The van der Waals surface area contributed by atoms with Crippen LogP contribution in [-0.2, 0) is 0 Å². The monoisotopic (exact) mass is 168 g/mol. The third kappa shape index (κ3) is 1.89. The molecule has 0 saturated heterocycles. The van der Waals surface area contributed by atoms with Gasteiger partial charge < -0.3 is 5.11 Å². The number of aliphatic hydroxyl groups is 1. The molecule has 1 fully saturated rings. The van der Waals surface area contributed by atoms with E-state index in [1.54, 1.807) is 0 Å². The molecule has 0 aromatic carbocycles. The van der Waals surface area contributed by atoms with E-state index in [4.69, 9.17) is 0 Å². The first-order chi connectivity index (χ1) is 5.71. The van der Waals surface area contributed by atoms with Gasteiger partial charge in [0.05, 0.1) is 6.10 Å². The fourth-order valence-electron chi connectivity index (χ4n) is 2.34. The Hall–Kier alpha value is -0.300. The number of allylic oxidation sites excluding steroid dienone is 1. The summed E-state index contributed by atoms with van der Waals surface area (Å²) >= 11 is 0. The summed E-state index contributed by atoms with van der Waals surface area (Å²) in [5, 5.41) is 9.71. The highest BCUT2D eigenvalue weighted by molar-refractivity contribution is 4.92. The van der Waals surface area contributed by atoms with Gasteiger partial charge >= 0.3 is 0 Å². The predicted molar refractivity (Wildman–Crippen MR) is 52.0 cm³/mol. The molecule has 1 aliphatic rings. The molecule has 0 heterocycles. The minimum atomic E-state index is -0.171.